The summed E-state index contributed by atoms with van der Waals surface area (Å²) < 4.78 is 2.39. The molecule has 3 nitrogen and oxygen atoms in total. The molecule has 0 N–H and O–H groups in total. The number of aromatic nitrogens is 2. The van der Waals surface area contributed by atoms with Crippen LogP contribution in [0.5, 0.6) is 0 Å². The van der Waals surface area contributed by atoms with Crippen molar-refractivity contribution in [3.63, 3.8) is 0 Å². The highest BCUT2D eigenvalue weighted by Gasteiger charge is 2.21. The van der Waals surface area contributed by atoms with Gasteiger partial charge in [-0.2, -0.15) is 0 Å². The van der Waals surface area contributed by atoms with E-state index in [9.17, 15) is 0 Å². The average molecular weight is 221 g/mol. The fraction of sp³-hybridized carbons (Fsp3) is 0.769. The van der Waals surface area contributed by atoms with Crippen LogP contribution in [0.3, 0.4) is 0 Å². The number of imidazole rings is 1. The summed E-state index contributed by atoms with van der Waals surface area (Å²) >= 11 is 0. The van der Waals surface area contributed by atoms with E-state index in [0.29, 0.717) is 6.04 Å². The maximum Gasteiger partial charge on any atom is 0.123 e. The molecular formula is C13H23N3. The van der Waals surface area contributed by atoms with Crippen molar-refractivity contribution in [2.24, 2.45) is 5.92 Å². The van der Waals surface area contributed by atoms with E-state index in [1.807, 2.05) is 6.20 Å². The Morgan fingerprint density at radius 1 is 1.31 bits per heavy atom. The van der Waals surface area contributed by atoms with Crippen molar-refractivity contribution in [3.8, 4) is 0 Å². The molecule has 0 aliphatic heterocycles. The Kier molecular flexibility index (Phi) is 3.64. The van der Waals surface area contributed by atoms with Crippen molar-refractivity contribution in [2.45, 2.75) is 45.2 Å². The van der Waals surface area contributed by atoms with Crippen LogP contribution in [0, 0.1) is 5.92 Å². The van der Waals surface area contributed by atoms with Crippen molar-refractivity contribution in [1.82, 2.24) is 14.5 Å². The molecule has 0 atom stereocenters. The molecule has 1 aromatic rings. The monoisotopic (exact) mass is 221 g/mol. The Hall–Kier alpha value is -0.830. The van der Waals surface area contributed by atoms with Gasteiger partial charge < -0.3 is 9.47 Å². The zero-order valence-electron chi connectivity index (χ0n) is 10.7. The topological polar surface area (TPSA) is 21.1 Å². The van der Waals surface area contributed by atoms with Gasteiger partial charge in [0.1, 0.15) is 5.82 Å². The molecule has 16 heavy (non-hydrogen) atoms. The maximum absolute atomic E-state index is 4.47. The summed E-state index contributed by atoms with van der Waals surface area (Å²) in [7, 11) is 4.20. The van der Waals surface area contributed by atoms with Crippen molar-refractivity contribution < 1.29 is 0 Å². The number of hydrogen-bond acceptors (Lipinski definition) is 2. The van der Waals surface area contributed by atoms with Crippen LogP contribution in [0.25, 0.3) is 0 Å². The van der Waals surface area contributed by atoms with Gasteiger partial charge in [0, 0.05) is 18.4 Å². The molecule has 0 radical (unpaired) electrons. The minimum atomic E-state index is 0.689. The summed E-state index contributed by atoms with van der Waals surface area (Å²) in [4.78, 5) is 6.66. The Morgan fingerprint density at radius 2 is 2.00 bits per heavy atom. The Bertz CT molecular complexity index is 322. The highest BCUT2D eigenvalue weighted by Crippen LogP contribution is 2.32. The first-order chi connectivity index (χ1) is 7.66. The fourth-order valence-electron chi connectivity index (χ4n) is 2.60. The lowest BCUT2D eigenvalue weighted by Crippen LogP contribution is -2.21. The molecule has 3 heteroatoms. The second-order valence-corrected chi connectivity index (χ2v) is 5.40. The van der Waals surface area contributed by atoms with Crippen LogP contribution in [0.4, 0.5) is 0 Å². The predicted octanol–water partition coefficient (Wildman–Crippen LogP) is 2.70. The zero-order chi connectivity index (χ0) is 11.5. The van der Waals surface area contributed by atoms with Crippen molar-refractivity contribution in [3.05, 3.63) is 18.2 Å². The molecule has 90 valence electrons. The van der Waals surface area contributed by atoms with Crippen LogP contribution >= 0.6 is 0 Å². The predicted molar refractivity (Wildman–Crippen MR) is 66.3 cm³/mol. The van der Waals surface area contributed by atoms with Crippen LogP contribution in [0.15, 0.2) is 12.4 Å². The third kappa shape index (κ3) is 2.64. The lowest BCUT2D eigenvalue weighted by molar-refractivity contribution is 0.276. The molecule has 0 saturated heterocycles. The highest BCUT2D eigenvalue weighted by molar-refractivity contribution is 4.96. The van der Waals surface area contributed by atoms with Crippen molar-refractivity contribution >= 4 is 0 Å². The lowest BCUT2D eigenvalue weighted by Gasteiger charge is -2.28. The first kappa shape index (κ1) is 11.6. The second-order valence-electron chi connectivity index (χ2n) is 5.40. The van der Waals surface area contributed by atoms with Gasteiger partial charge in [-0.05, 0) is 45.7 Å². The standard InChI is InChI=1S/C13H23N3/c1-11-4-6-12(7-5-11)16-9-8-14-13(16)10-15(2)3/h8-9,11-12H,4-7,10H2,1-3H3. The lowest BCUT2D eigenvalue weighted by atomic mass is 9.87. The zero-order valence-corrected chi connectivity index (χ0v) is 10.7. The third-order valence-corrected chi connectivity index (χ3v) is 3.59. The largest absolute Gasteiger partial charge is 0.331 e. The van der Waals surface area contributed by atoms with Crippen LogP contribution in [-0.2, 0) is 6.54 Å². The van der Waals surface area contributed by atoms with Gasteiger partial charge in [-0.25, -0.2) is 4.98 Å². The van der Waals surface area contributed by atoms with E-state index in [-0.39, 0.29) is 0 Å². The molecule has 2 rings (SSSR count). The normalized spacial score (nSPS) is 26.2. The molecule has 0 amide bonds. The molecule has 1 fully saturated rings. The van der Waals surface area contributed by atoms with Crippen molar-refractivity contribution in [1.29, 1.82) is 0 Å². The van der Waals surface area contributed by atoms with E-state index in [1.54, 1.807) is 0 Å². The molecule has 1 aliphatic rings. The minimum Gasteiger partial charge on any atom is -0.331 e. The van der Waals surface area contributed by atoms with E-state index in [4.69, 9.17) is 0 Å². The minimum absolute atomic E-state index is 0.689. The molecule has 0 aromatic carbocycles. The molecule has 1 heterocycles. The molecule has 1 aromatic heterocycles. The highest BCUT2D eigenvalue weighted by atomic mass is 15.2. The fourth-order valence-corrected chi connectivity index (χ4v) is 2.60. The maximum atomic E-state index is 4.47. The smallest absolute Gasteiger partial charge is 0.123 e. The summed E-state index contributed by atoms with van der Waals surface area (Å²) in [6.45, 7) is 3.31. The van der Waals surface area contributed by atoms with E-state index in [0.717, 1.165) is 12.5 Å². The van der Waals surface area contributed by atoms with E-state index < -0.39 is 0 Å². The van der Waals surface area contributed by atoms with Gasteiger partial charge in [0.05, 0.1) is 6.54 Å². The van der Waals surface area contributed by atoms with Gasteiger partial charge in [0.25, 0.3) is 0 Å². The van der Waals surface area contributed by atoms with Gasteiger partial charge in [0.2, 0.25) is 0 Å². The van der Waals surface area contributed by atoms with E-state index >= 15 is 0 Å². The number of nitrogens with zero attached hydrogens (tertiary/aromatic N) is 3. The third-order valence-electron chi connectivity index (χ3n) is 3.59. The molecule has 0 spiro atoms. The first-order valence-electron chi connectivity index (χ1n) is 6.33. The molecular weight excluding hydrogens is 198 g/mol. The van der Waals surface area contributed by atoms with E-state index in [2.05, 4.69) is 41.7 Å². The van der Waals surface area contributed by atoms with Crippen LogP contribution in [0.2, 0.25) is 0 Å². The van der Waals surface area contributed by atoms with Crippen LogP contribution < -0.4 is 0 Å². The molecule has 1 saturated carbocycles. The quantitative estimate of drug-likeness (QED) is 0.782. The van der Waals surface area contributed by atoms with Crippen LogP contribution in [0.1, 0.15) is 44.5 Å². The summed E-state index contributed by atoms with van der Waals surface area (Å²) in [6.07, 6.45) is 9.46. The van der Waals surface area contributed by atoms with Crippen LogP contribution in [-0.4, -0.2) is 28.5 Å². The second kappa shape index (κ2) is 5.00. The Labute approximate surface area is 98.5 Å². The Morgan fingerprint density at radius 3 is 2.62 bits per heavy atom. The van der Waals surface area contributed by atoms with Gasteiger partial charge in [0.15, 0.2) is 0 Å². The average Bonchev–Trinajstić information content (AvgIpc) is 2.66. The van der Waals surface area contributed by atoms with Gasteiger partial charge in [-0.3, -0.25) is 0 Å². The molecule has 1 aliphatic carbocycles. The summed E-state index contributed by atoms with van der Waals surface area (Å²) in [6, 6.07) is 0.689. The van der Waals surface area contributed by atoms with Gasteiger partial charge in [-0.15, -0.1) is 0 Å². The first-order valence-corrected chi connectivity index (χ1v) is 6.33. The molecule has 0 unspecified atom stereocenters. The Balaban J connectivity index is 2.05. The summed E-state index contributed by atoms with van der Waals surface area (Å²) in [5, 5.41) is 0. The van der Waals surface area contributed by atoms with Gasteiger partial charge >= 0.3 is 0 Å². The summed E-state index contributed by atoms with van der Waals surface area (Å²) in [5.41, 5.74) is 0. The SMILES string of the molecule is CC1CCC(n2ccnc2CN(C)C)CC1. The summed E-state index contributed by atoms with van der Waals surface area (Å²) in [5.74, 6) is 2.13. The van der Waals surface area contributed by atoms with E-state index in [1.165, 1.54) is 31.5 Å². The van der Waals surface area contributed by atoms with Crippen molar-refractivity contribution in [2.75, 3.05) is 14.1 Å². The van der Waals surface area contributed by atoms with Gasteiger partial charge in [-0.1, -0.05) is 6.92 Å². The number of hydrogen-bond donors (Lipinski definition) is 0. The molecule has 0 bridgehead atoms. The number of rotatable bonds is 3.